The van der Waals surface area contributed by atoms with Gasteiger partial charge < -0.3 is 14.6 Å². The molecule has 3 aromatic rings. The van der Waals surface area contributed by atoms with Crippen LogP contribution in [0.25, 0.3) is 11.0 Å². The van der Waals surface area contributed by atoms with Gasteiger partial charge in [-0.3, -0.25) is 4.79 Å². The molecule has 2 fully saturated rings. The van der Waals surface area contributed by atoms with Gasteiger partial charge in [0.15, 0.2) is 11.9 Å². The maximum absolute atomic E-state index is 14.5. The molecular weight excluding hydrogens is 477 g/mol. The molecule has 2 unspecified atom stereocenters. The first-order chi connectivity index (χ1) is 17.5. The summed E-state index contributed by atoms with van der Waals surface area (Å²) in [4.78, 5) is 18.9. The normalized spacial score (nSPS) is 19.2. The van der Waals surface area contributed by atoms with Gasteiger partial charge in [0.05, 0.1) is 11.0 Å². The Morgan fingerprint density at radius 1 is 1.03 bits per heavy atom. The number of rotatable bonds is 7. The summed E-state index contributed by atoms with van der Waals surface area (Å²) in [7, 11) is 0. The Morgan fingerprint density at radius 2 is 1.69 bits per heavy atom. The number of halogens is 2. The molecule has 36 heavy (non-hydrogen) atoms. The number of nitrogens with one attached hydrogen (secondary N) is 1. The Hall–Kier alpha value is -2.60. The first-order valence-corrected chi connectivity index (χ1v) is 13.8. The molecule has 0 saturated heterocycles. The fraction of sp³-hybridized carbons (Fsp3) is 0.517. The molecular formula is C29H35ClFN3O2. The maximum atomic E-state index is 14.5. The summed E-state index contributed by atoms with van der Waals surface area (Å²) in [5.74, 6) is 1.16. The van der Waals surface area contributed by atoms with E-state index in [9.17, 15) is 9.18 Å². The van der Waals surface area contributed by atoms with Crippen molar-refractivity contribution in [1.29, 1.82) is 0 Å². The van der Waals surface area contributed by atoms with Crippen molar-refractivity contribution in [3.8, 4) is 5.75 Å². The molecule has 1 heterocycles. The van der Waals surface area contributed by atoms with Crippen LogP contribution in [0, 0.1) is 11.7 Å². The van der Waals surface area contributed by atoms with E-state index in [1.807, 2.05) is 23.6 Å². The zero-order valence-corrected chi connectivity index (χ0v) is 21.6. The number of amides is 1. The van der Waals surface area contributed by atoms with Crippen molar-refractivity contribution in [2.45, 2.75) is 89.3 Å². The minimum absolute atomic E-state index is 0.0253. The van der Waals surface area contributed by atoms with Gasteiger partial charge >= 0.3 is 0 Å². The SMILES string of the molecule is CC(Oc1ccc(Cl)cc1)c1nc2ccc(F)cc2n1C(C(=O)NC1CCCCC1)C1CCCCC1. The molecule has 1 amide bonds. The van der Waals surface area contributed by atoms with Gasteiger partial charge in [-0.25, -0.2) is 9.37 Å². The van der Waals surface area contributed by atoms with Gasteiger partial charge in [0, 0.05) is 11.1 Å². The molecule has 7 heteroatoms. The Bertz CT molecular complexity index is 1180. The monoisotopic (exact) mass is 511 g/mol. The topological polar surface area (TPSA) is 56.2 Å². The minimum atomic E-state index is -0.453. The molecule has 0 spiro atoms. The third-order valence-electron chi connectivity index (χ3n) is 7.76. The molecule has 0 bridgehead atoms. The second-order valence-electron chi connectivity index (χ2n) is 10.4. The fourth-order valence-corrected chi connectivity index (χ4v) is 6.09. The van der Waals surface area contributed by atoms with Gasteiger partial charge in [-0.05, 0) is 81.0 Å². The van der Waals surface area contributed by atoms with E-state index >= 15 is 0 Å². The highest BCUT2D eigenvalue weighted by Crippen LogP contribution is 2.38. The smallest absolute Gasteiger partial charge is 0.243 e. The predicted molar refractivity (Wildman–Crippen MR) is 141 cm³/mol. The number of carbonyl (C=O) groups is 1. The average Bonchev–Trinajstić information content (AvgIpc) is 3.25. The zero-order chi connectivity index (χ0) is 25.1. The number of hydrogen-bond donors (Lipinski definition) is 1. The molecule has 5 nitrogen and oxygen atoms in total. The van der Waals surface area contributed by atoms with Crippen LogP contribution in [-0.2, 0) is 4.79 Å². The van der Waals surface area contributed by atoms with E-state index in [4.69, 9.17) is 21.3 Å². The number of benzene rings is 2. The molecule has 1 N–H and O–H groups in total. The lowest BCUT2D eigenvalue weighted by molar-refractivity contribution is -0.127. The largest absolute Gasteiger partial charge is 0.483 e. The molecule has 0 radical (unpaired) electrons. The minimum Gasteiger partial charge on any atom is -0.483 e. The lowest BCUT2D eigenvalue weighted by Crippen LogP contribution is -2.44. The van der Waals surface area contributed by atoms with Crippen LogP contribution in [0.1, 0.15) is 89.1 Å². The van der Waals surface area contributed by atoms with Crippen LogP contribution >= 0.6 is 11.6 Å². The fourth-order valence-electron chi connectivity index (χ4n) is 5.96. The highest BCUT2D eigenvalue weighted by atomic mass is 35.5. The van der Waals surface area contributed by atoms with Gasteiger partial charge in [-0.2, -0.15) is 0 Å². The van der Waals surface area contributed by atoms with Crippen LogP contribution in [0.3, 0.4) is 0 Å². The molecule has 2 saturated carbocycles. The van der Waals surface area contributed by atoms with Crippen LogP contribution in [-0.4, -0.2) is 21.5 Å². The van der Waals surface area contributed by atoms with Gasteiger partial charge in [0.2, 0.25) is 5.91 Å². The van der Waals surface area contributed by atoms with E-state index in [1.165, 1.54) is 25.0 Å². The Morgan fingerprint density at radius 3 is 2.39 bits per heavy atom. The lowest BCUT2D eigenvalue weighted by Gasteiger charge is -2.34. The standard InChI is InChI=1S/C29H35ClFN3O2/c1-19(36-24-15-12-21(30)13-16-24)28-33-25-17-14-22(31)18-26(25)34(28)27(20-8-4-2-5-9-20)29(35)32-23-10-6-3-7-11-23/h12-20,23,27H,2-11H2,1H3,(H,32,35). The van der Waals surface area contributed by atoms with Crippen molar-refractivity contribution in [1.82, 2.24) is 14.9 Å². The summed E-state index contributed by atoms with van der Waals surface area (Å²) >= 11 is 6.05. The van der Waals surface area contributed by atoms with Crippen molar-refractivity contribution < 1.29 is 13.9 Å². The van der Waals surface area contributed by atoms with Crippen LogP contribution < -0.4 is 10.1 Å². The molecule has 2 atom stereocenters. The second-order valence-corrected chi connectivity index (χ2v) is 10.8. The number of hydrogen-bond acceptors (Lipinski definition) is 3. The molecule has 0 aliphatic heterocycles. The van der Waals surface area contributed by atoms with Gasteiger partial charge in [0.25, 0.3) is 0 Å². The summed E-state index contributed by atoms with van der Waals surface area (Å²) < 4.78 is 22.7. The van der Waals surface area contributed by atoms with Crippen molar-refractivity contribution in [3.63, 3.8) is 0 Å². The number of imidazole rings is 1. The quantitative estimate of drug-likeness (QED) is 0.356. The Labute approximate surface area is 217 Å². The van der Waals surface area contributed by atoms with E-state index < -0.39 is 12.1 Å². The second kappa shape index (κ2) is 11.2. The average molecular weight is 512 g/mol. The summed E-state index contributed by atoms with van der Waals surface area (Å²) in [6.07, 6.45) is 10.5. The number of nitrogens with zero attached hydrogens (tertiary/aromatic N) is 2. The highest BCUT2D eigenvalue weighted by molar-refractivity contribution is 6.30. The number of aromatic nitrogens is 2. The summed E-state index contributed by atoms with van der Waals surface area (Å²) in [6, 6.07) is 11.6. The molecule has 2 aromatic carbocycles. The van der Waals surface area contributed by atoms with Gasteiger partial charge in [-0.1, -0.05) is 50.1 Å². The number of ether oxygens (including phenoxy) is 1. The first-order valence-electron chi connectivity index (χ1n) is 13.4. The van der Waals surface area contributed by atoms with Crippen molar-refractivity contribution >= 4 is 28.5 Å². The van der Waals surface area contributed by atoms with Crippen molar-refractivity contribution in [2.75, 3.05) is 0 Å². The third-order valence-corrected chi connectivity index (χ3v) is 8.02. The Balaban J connectivity index is 1.56. The highest BCUT2D eigenvalue weighted by Gasteiger charge is 2.36. The molecule has 5 rings (SSSR count). The third kappa shape index (κ3) is 5.54. The molecule has 192 valence electrons. The van der Waals surface area contributed by atoms with E-state index in [2.05, 4.69) is 5.32 Å². The molecule has 2 aliphatic rings. The van der Waals surface area contributed by atoms with E-state index in [0.29, 0.717) is 27.6 Å². The summed E-state index contributed by atoms with van der Waals surface area (Å²) in [5.41, 5.74) is 1.31. The van der Waals surface area contributed by atoms with Crippen LogP contribution in [0.15, 0.2) is 42.5 Å². The van der Waals surface area contributed by atoms with Crippen LogP contribution in [0.4, 0.5) is 4.39 Å². The van der Waals surface area contributed by atoms with Crippen molar-refractivity contribution in [2.24, 2.45) is 5.92 Å². The summed E-state index contributed by atoms with van der Waals surface area (Å²) in [6.45, 7) is 1.93. The van der Waals surface area contributed by atoms with Crippen LogP contribution in [0.5, 0.6) is 5.75 Å². The van der Waals surface area contributed by atoms with E-state index in [0.717, 1.165) is 51.4 Å². The zero-order valence-electron chi connectivity index (χ0n) is 20.9. The molecule has 2 aliphatic carbocycles. The summed E-state index contributed by atoms with van der Waals surface area (Å²) in [5, 5.41) is 4.00. The predicted octanol–water partition coefficient (Wildman–Crippen LogP) is 7.54. The number of carbonyl (C=O) groups excluding carboxylic acids is 1. The Kier molecular flexibility index (Phi) is 7.80. The van der Waals surface area contributed by atoms with E-state index in [1.54, 1.807) is 18.2 Å². The van der Waals surface area contributed by atoms with E-state index in [-0.39, 0.29) is 23.7 Å². The first kappa shape index (κ1) is 25.1. The molecule has 1 aromatic heterocycles. The maximum Gasteiger partial charge on any atom is 0.243 e. The number of fused-ring (bicyclic) bond motifs is 1. The van der Waals surface area contributed by atoms with Gasteiger partial charge in [-0.15, -0.1) is 0 Å². The van der Waals surface area contributed by atoms with Crippen LogP contribution in [0.2, 0.25) is 5.02 Å². The van der Waals surface area contributed by atoms with Gasteiger partial charge in [0.1, 0.15) is 17.6 Å². The lowest BCUT2D eigenvalue weighted by atomic mass is 9.82. The van der Waals surface area contributed by atoms with Crippen molar-refractivity contribution in [3.05, 3.63) is 59.1 Å².